The van der Waals surface area contributed by atoms with Crippen molar-refractivity contribution in [2.24, 2.45) is 11.8 Å². The summed E-state index contributed by atoms with van der Waals surface area (Å²) < 4.78 is 5.51. The summed E-state index contributed by atoms with van der Waals surface area (Å²) in [7, 11) is 0. The van der Waals surface area contributed by atoms with Gasteiger partial charge in [-0.25, -0.2) is 0 Å². The van der Waals surface area contributed by atoms with Gasteiger partial charge in [0.2, 0.25) is 0 Å². The number of phenols is 1. The number of rotatable bonds is 7. The van der Waals surface area contributed by atoms with E-state index in [1.807, 2.05) is 12.1 Å². The number of aliphatic hydroxyl groups excluding tert-OH is 1. The van der Waals surface area contributed by atoms with Crippen LogP contribution in [0.4, 0.5) is 5.69 Å². The third-order valence-corrected chi connectivity index (χ3v) is 8.54. The number of morpholine rings is 1. The highest BCUT2D eigenvalue weighted by molar-refractivity contribution is 6.32. The lowest BCUT2D eigenvalue weighted by atomic mass is 9.93. The fraction of sp³-hybridized carbons (Fsp3) is 0.467. The summed E-state index contributed by atoms with van der Waals surface area (Å²) in [6.45, 7) is 6.28. The number of pyridine rings is 1. The summed E-state index contributed by atoms with van der Waals surface area (Å²) in [5.74, 6) is 0.855. The molecule has 7 nitrogen and oxygen atoms in total. The fourth-order valence-corrected chi connectivity index (χ4v) is 6.11. The Morgan fingerprint density at radius 1 is 1.03 bits per heavy atom. The van der Waals surface area contributed by atoms with Gasteiger partial charge in [0.25, 0.3) is 0 Å². The Bertz CT molecular complexity index is 1350. The minimum atomic E-state index is -0.306. The molecule has 0 amide bonds. The molecule has 3 fully saturated rings. The van der Waals surface area contributed by atoms with Crippen molar-refractivity contribution in [1.82, 2.24) is 9.88 Å². The third-order valence-electron chi connectivity index (χ3n) is 8.25. The number of carbonyl (C=O) groups excluding carboxylic acids is 1. The number of ether oxygens (including phenoxy) is 1. The van der Waals surface area contributed by atoms with Gasteiger partial charge in [0.05, 0.1) is 41.6 Å². The molecule has 8 heteroatoms. The first-order valence-electron chi connectivity index (χ1n) is 13.7. The van der Waals surface area contributed by atoms with Gasteiger partial charge in [-0.2, -0.15) is 0 Å². The summed E-state index contributed by atoms with van der Waals surface area (Å²) in [5.41, 5.74) is 4.64. The first kappa shape index (κ1) is 25.6. The Labute approximate surface area is 228 Å². The molecule has 0 spiro atoms. The molecule has 2 aromatic carbocycles. The maximum Gasteiger partial charge on any atom is 0.169 e. The summed E-state index contributed by atoms with van der Waals surface area (Å²) in [4.78, 5) is 23.0. The highest BCUT2D eigenvalue weighted by Crippen LogP contribution is 2.41. The predicted molar refractivity (Wildman–Crippen MR) is 149 cm³/mol. The van der Waals surface area contributed by atoms with Crippen molar-refractivity contribution >= 4 is 34.0 Å². The number of hydrogen-bond acceptors (Lipinski definition) is 7. The molecule has 3 aromatic rings. The number of carbonyl (C=O) groups is 1. The second-order valence-corrected chi connectivity index (χ2v) is 11.3. The van der Waals surface area contributed by atoms with Crippen molar-refractivity contribution in [1.29, 1.82) is 0 Å². The Morgan fingerprint density at radius 3 is 2.50 bits per heavy atom. The van der Waals surface area contributed by atoms with Crippen LogP contribution in [0, 0.1) is 11.8 Å². The first-order chi connectivity index (χ1) is 18.5. The second kappa shape index (κ2) is 10.8. The van der Waals surface area contributed by atoms with Crippen LogP contribution in [0.3, 0.4) is 0 Å². The van der Waals surface area contributed by atoms with Crippen molar-refractivity contribution in [2.75, 3.05) is 50.8 Å². The van der Waals surface area contributed by atoms with Gasteiger partial charge in [0, 0.05) is 55.8 Å². The standard InChI is InChI=1S/C30H34ClN3O4/c31-26-15-22(13-23(18-35)30(26)37)21-3-4-27-24(14-21)28(25(16-32-27)29(36)20-1-2-20)34-7-5-19(6-8-34)17-33-9-11-38-12-10-33/h3-4,13-16,19-20,35,37H,1-2,5-12,17-18H2. The SMILES string of the molecule is O=C(c1cnc2ccc(-c3cc(Cl)c(O)c(CO)c3)cc2c1N1CCC(CN2CCOCC2)CC1)C1CC1. The zero-order valence-electron chi connectivity index (χ0n) is 21.5. The molecule has 0 bridgehead atoms. The normalized spacial score (nSPS) is 19.3. The van der Waals surface area contributed by atoms with E-state index in [2.05, 4.69) is 20.9 Å². The van der Waals surface area contributed by atoms with E-state index in [0.717, 1.165) is 105 Å². The molecule has 3 heterocycles. The van der Waals surface area contributed by atoms with Crippen LogP contribution in [-0.2, 0) is 11.3 Å². The number of Topliss-reactive ketones (excluding diaryl/α,β-unsaturated/α-hetero) is 1. The molecule has 0 radical (unpaired) electrons. The van der Waals surface area contributed by atoms with Crippen LogP contribution in [0.2, 0.25) is 5.02 Å². The average molecular weight is 536 g/mol. The van der Waals surface area contributed by atoms with E-state index in [0.29, 0.717) is 11.5 Å². The lowest BCUT2D eigenvalue weighted by Gasteiger charge is -2.38. The molecule has 2 aliphatic heterocycles. The molecule has 200 valence electrons. The van der Waals surface area contributed by atoms with Crippen molar-refractivity contribution in [3.05, 3.63) is 52.7 Å². The highest BCUT2D eigenvalue weighted by Gasteiger charge is 2.34. The minimum absolute atomic E-state index is 0.0988. The minimum Gasteiger partial charge on any atom is -0.506 e. The van der Waals surface area contributed by atoms with Gasteiger partial charge in [0.15, 0.2) is 5.78 Å². The number of aromatic nitrogens is 1. The zero-order valence-corrected chi connectivity index (χ0v) is 22.3. The summed E-state index contributed by atoms with van der Waals surface area (Å²) in [6.07, 6.45) is 5.86. The molecule has 6 rings (SSSR count). The van der Waals surface area contributed by atoms with Crippen LogP contribution < -0.4 is 4.90 Å². The van der Waals surface area contributed by atoms with Gasteiger partial charge >= 0.3 is 0 Å². The van der Waals surface area contributed by atoms with E-state index >= 15 is 0 Å². The van der Waals surface area contributed by atoms with E-state index in [-0.39, 0.29) is 29.1 Å². The van der Waals surface area contributed by atoms with E-state index < -0.39 is 0 Å². The first-order valence-corrected chi connectivity index (χ1v) is 14.0. The number of halogens is 1. The Kier molecular flexibility index (Phi) is 7.27. The number of benzene rings is 2. The smallest absolute Gasteiger partial charge is 0.169 e. The quantitative estimate of drug-likeness (QED) is 0.416. The van der Waals surface area contributed by atoms with E-state index in [9.17, 15) is 15.0 Å². The number of nitrogens with zero attached hydrogens (tertiary/aromatic N) is 3. The van der Waals surface area contributed by atoms with Crippen LogP contribution in [0.25, 0.3) is 22.0 Å². The van der Waals surface area contributed by atoms with Gasteiger partial charge in [0.1, 0.15) is 5.75 Å². The average Bonchev–Trinajstić information content (AvgIpc) is 3.80. The zero-order chi connectivity index (χ0) is 26.2. The number of ketones is 1. The number of piperidine rings is 1. The van der Waals surface area contributed by atoms with Gasteiger partial charge in [-0.05, 0) is 67.0 Å². The fourth-order valence-electron chi connectivity index (χ4n) is 5.88. The van der Waals surface area contributed by atoms with Crippen LogP contribution in [0.15, 0.2) is 36.5 Å². The predicted octanol–water partition coefficient (Wildman–Crippen LogP) is 4.89. The summed E-state index contributed by atoms with van der Waals surface area (Å²) >= 11 is 6.27. The number of fused-ring (bicyclic) bond motifs is 1. The van der Waals surface area contributed by atoms with Crippen molar-refractivity contribution in [3.63, 3.8) is 0 Å². The number of aliphatic hydroxyl groups is 1. The van der Waals surface area contributed by atoms with E-state index in [4.69, 9.17) is 16.3 Å². The molecule has 3 aliphatic rings. The summed E-state index contributed by atoms with van der Waals surface area (Å²) in [5, 5.41) is 21.0. The number of hydrogen-bond donors (Lipinski definition) is 2. The lowest BCUT2D eigenvalue weighted by molar-refractivity contribution is 0.0289. The maximum absolute atomic E-state index is 13.4. The van der Waals surface area contributed by atoms with Crippen LogP contribution in [0.1, 0.15) is 41.6 Å². The van der Waals surface area contributed by atoms with Crippen LogP contribution in [0.5, 0.6) is 5.75 Å². The van der Waals surface area contributed by atoms with E-state index in [1.54, 1.807) is 18.3 Å². The van der Waals surface area contributed by atoms with Gasteiger partial charge in [-0.15, -0.1) is 0 Å². The molecular weight excluding hydrogens is 502 g/mol. The molecule has 2 saturated heterocycles. The molecule has 2 N–H and O–H groups in total. The van der Waals surface area contributed by atoms with Gasteiger partial charge in [-0.1, -0.05) is 17.7 Å². The topological polar surface area (TPSA) is 86.1 Å². The highest BCUT2D eigenvalue weighted by atomic mass is 35.5. The Hall–Kier alpha value is -2.71. The Morgan fingerprint density at radius 2 is 1.79 bits per heavy atom. The van der Waals surface area contributed by atoms with Crippen LogP contribution in [-0.4, -0.2) is 71.8 Å². The largest absolute Gasteiger partial charge is 0.506 e. The molecule has 1 aliphatic carbocycles. The molecule has 0 unspecified atom stereocenters. The maximum atomic E-state index is 13.4. The molecule has 38 heavy (non-hydrogen) atoms. The van der Waals surface area contributed by atoms with Gasteiger partial charge < -0.3 is 19.8 Å². The molecular formula is C30H34ClN3O4. The molecule has 0 atom stereocenters. The number of anilines is 1. The molecule has 1 aromatic heterocycles. The van der Waals surface area contributed by atoms with Crippen molar-refractivity contribution < 1.29 is 19.7 Å². The van der Waals surface area contributed by atoms with E-state index in [1.165, 1.54) is 0 Å². The Balaban J connectivity index is 1.35. The lowest BCUT2D eigenvalue weighted by Crippen LogP contribution is -2.43. The second-order valence-electron chi connectivity index (χ2n) is 10.9. The summed E-state index contributed by atoms with van der Waals surface area (Å²) in [6, 6.07) is 9.49. The van der Waals surface area contributed by atoms with Crippen molar-refractivity contribution in [3.8, 4) is 16.9 Å². The van der Waals surface area contributed by atoms with Crippen LogP contribution >= 0.6 is 11.6 Å². The van der Waals surface area contributed by atoms with Gasteiger partial charge in [-0.3, -0.25) is 14.7 Å². The molecule has 1 saturated carbocycles. The monoisotopic (exact) mass is 535 g/mol. The number of aromatic hydroxyl groups is 1. The van der Waals surface area contributed by atoms with Crippen molar-refractivity contribution in [2.45, 2.75) is 32.3 Å². The third kappa shape index (κ3) is 5.13.